The number of aryl methyl sites for hydroxylation is 1. The lowest BCUT2D eigenvalue weighted by atomic mass is 10.3. The SMILES string of the molecule is Cc1ccc(C=O)n1-c1ccncc1. The van der Waals surface area contributed by atoms with Crippen LogP contribution in [-0.2, 0) is 0 Å². The third kappa shape index (κ3) is 1.33. The van der Waals surface area contributed by atoms with Crippen molar-refractivity contribution in [2.45, 2.75) is 6.92 Å². The normalized spacial score (nSPS) is 10.1. The Labute approximate surface area is 82.0 Å². The van der Waals surface area contributed by atoms with Crippen molar-refractivity contribution in [3.63, 3.8) is 0 Å². The van der Waals surface area contributed by atoms with E-state index in [0.29, 0.717) is 5.69 Å². The fourth-order valence-corrected chi connectivity index (χ4v) is 1.50. The summed E-state index contributed by atoms with van der Waals surface area (Å²) in [4.78, 5) is 14.7. The molecule has 0 saturated carbocycles. The molecular formula is C11H10N2O. The molecule has 0 aliphatic carbocycles. The first-order valence-corrected chi connectivity index (χ1v) is 4.37. The average molecular weight is 186 g/mol. The van der Waals surface area contributed by atoms with E-state index >= 15 is 0 Å². The zero-order chi connectivity index (χ0) is 9.97. The van der Waals surface area contributed by atoms with Crippen molar-refractivity contribution in [1.82, 2.24) is 9.55 Å². The molecule has 0 amide bonds. The van der Waals surface area contributed by atoms with Crippen molar-refractivity contribution in [2.24, 2.45) is 0 Å². The molecule has 0 N–H and O–H groups in total. The van der Waals surface area contributed by atoms with Crippen LogP contribution in [0.2, 0.25) is 0 Å². The van der Waals surface area contributed by atoms with Gasteiger partial charge in [0.15, 0.2) is 6.29 Å². The van der Waals surface area contributed by atoms with Crippen LogP contribution in [0.25, 0.3) is 5.69 Å². The van der Waals surface area contributed by atoms with Crippen LogP contribution >= 0.6 is 0 Å². The van der Waals surface area contributed by atoms with E-state index in [1.165, 1.54) is 0 Å². The Hall–Kier alpha value is -1.90. The number of hydrogen-bond donors (Lipinski definition) is 0. The highest BCUT2D eigenvalue weighted by atomic mass is 16.1. The van der Waals surface area contributed by atoms with Crippen molar-refractivity contribution < 1.29 is 4.79 Å². The molecule has 0 radical (unpaired) electrons. The van der Waals surface area contributed by atoms with Gasteiger partial charge in [-0.15, -0.1) is 0 Å². The van der Waals surface area contributed by atoms with Gasteiger partial charge in [-0.05, 0) is 31.2 Å². The van der Waals surface area contributed by atoms with E-state index in [9.17, 15) is 4.79 Å². The Morgan fingerprint density at radius 3 is 2.57 bits per heavy atom. The van der Waals surface area contributed by atoms with Gasteiger partial charge in [-0.25, -0.2) is 0 Å². The second kappa shape index (κ2) is 3.46. The van der Waals surface area contributed by atoms with Crippen molar-refractivity contribution in [3.8, 4) is 5.69 Å². The summed E-state index contributed by atoms with van der Waals surface area (Å²) >= 11 is 0. The topological polar surface area (TPSA) is 34.9 Å². The highest BCUT2D eigenvalue weighted by Gasteiger charge is 2.04. The van der Waals surface area contributed by atoms with Crippen molar-refractivity contribution in [2.75, 3.05) is 0 Å². The highest BCUT2D eigenvalue weighted by molar-refractivity contribution is 5.74. The van der Waals surface area contributed by atoms with E-state index in [-0.39, 0.29) is 0 Å². The summed E-state index contributed by atoms with van der Waals surface area (Å²) in [5.41, 5.74) is 2.66. The van der Waals surface area contributed by atoms with Crippen LogP contribution in [-0.4, -0.2) is 15.8 Å². The molecule has 2 heterocycles. The maximum Gasteiger partial charge on any atom is 0.166 e. The van der Waals surface area contributed by atoms with Crippen LogP contribution in [0.4, 0.5) is 0 Å². The molecule has 3 nitrogen and oxygen atoms in total. The van der Waals surface area contributed by atoms with E-state index in [0.717, 1.165) is 17.7 Å². The van der Waals surface area contributed by atoms with E-state index < -0.39 is 0 Å². The number of carbonyl (C=O) groups excluding carboxylic acids is 1. The van der Waals surface area contributed by atoms with Gasteiger partial charge >= 0.3 is 0 Å². The first-order valence-electron chi connectivity index (χ1n) is 4.37. The van der Waals surface area contributed by atoms with Gasteiger partial charge in [0.25, 0.3) is 0 Å². The summed E-state index contributed by atoms with van der Waals surface area (Å²) in [6.07, 6.45) is 4.28. The predicted molar refractivity (Wildman–Crippen MR) is 53.7 cm³/mol. The molecule has 2 aromatic heterocycles. The number of hydrogen-bond acceptors (Lipinski definition) is 2. The summed E-state index contributed by atoms with van der Waals surface area (Å²) < 4.78 is 1.90. The number of aromatic nitrogens is 2. The summed E-state index contributed by atoms with van der Waals surface area (Å²) in [5, 5.41) is 0. The number of pyridine rings is 1. The minimum Gasteiger partial charge on any atom is -0.311 e. The molecule has 0 unspecified atom stereocenters. The van der Waals surface area contributed by atoms with Gasteiger partial charge in [0, 0.05) is 23.8 Å². The van der Waals surface area contributed by atoms with Crippen molar-refractivity contribution in [3.05, 3.63) is 48.0 Å². The molecule has 0 aliphatic heterocycles. The second-order valence-electron chi connectivity index (χ2n) is 3.06. The molecule has 0 atom stereocenters. The molecule has 0 bridgehead atoms. The highest BCUT2D eigenvalue weighted by Crippen LogP contribution is 2.14. The van der Waals surface area contributed by atoms with Gasteiger partial charge in [-0.1, -0.05) is 0 Å². The molecule has 0 aromatic carbocycles. The van der Waals surface area contributed by atoms with Gasteiger partial charge in [0.1, 0.15) is 0 Å². The fourth-order valence-electron chi connectivity index (χ4n) is 1.50. The lowest BCUT2D eigenvalue weighted by Gasteiger charge is -2.07. The quantitative estimate of drug-likeness (QED) is 0.672. The smallest absolute Gasteiger partial charge is 0.166 e. The Bertz CT molecular complexity index is 446. The van der Waals surface area contributed by atoms with Crippen LogP contribution in [0.3, 0.4) is 0 Å². The first-order chi connectivity index (χ1) is 6.83. The molecule has 0 aliphatic rings. The minimum atomic E-state index is 0.661. The van der Waals surface area contributed by atoms with Gasteiger partial charge < -0.3 is 4.57 Å². The molecule has 3 heteroatoms. The monoisotopic (exact) mass is 186 g/mol. The van der Waals surface area contributed by atoms with Gasteiger partial charge in [-0.2, -0.15) is 0 Å². The molecule has 0 spiro atoms. The predicted octanol–water partition coefficient (Wildman–Crippen LogP) is 1.99. The van der Waals surface area contributed by atoms with Crippen LogP contribution in [0.15, 0.2) is 36.7 Å². The Balaban J connectivity index is 2.61. The fraction of sp³-hybridized carbons (Fsp3) is 0.0909. The van der Waals surface area contributed by atoms with E-state index in [1.807, 2.05) is 35.8 Å². The average Bonchev–Trinajstić information content (AvgIpc) is 2.61. The van der Waals surface area contributed by atoms with Gasteiger partial charge in [0.2, 0.25) is 0 Å². The molecule has 2 rings (SSSR count). The summed E-state index contributed by atoms with van der Waals surface area (Å²) in [6, 6.07) is 7.48. The maximum absolute atomic E-state index is 10.8. The number of rotatable bonds is 2. The standard InChI is InChI=1S/C11H10N2O/c1-9-2-3-11(8-14)13(9)10-4-6-12-7-5-10/h2-8H,1H3. The largest absolute Gasteiger partial charge is 0.311 e. The summed E-state index contributed by atoms with van der Waals surface area (Å²) in [6.45, 7) is 1.97. The lowest BCUT2D eigenvalue weighted by molar-refractivity contribution is 0.111. The Morgan fingerprint density at radius 1 is 1.21 bits per heavy atom. The summed E-state index contributed by atoms with van der Waals surface area (Å²) in [5.74, 6) is 0. The zero-order valence-corrected chi connectivity index (χ0v) is 7.84. The number of aldehydes is 1. The van der Waals surface area contributed by atoms with Crippen LogP contribution in [0, 0.1) is 6.92 Å². The number of nitrogens with zero attached hydrogens (tertiary/aromatic N) is 2. The zero-order valence-electron chi connectivity index (χ0n) is 7.84. The van der Waals surface area contributed by atoms with Crippen molar-refractivity contribution in [1.29, 1.82) is 0 Å². The number of carbonyl (C=O) groups is 1. The summed E-state index contributed by atoms with van der Waals surface area (Å²) in [7, 11) is 0. The van der Waals surface area contributed by atoms with E-state index in [2.05, 4.69) is 4.98 Å². The Kier molecular flexibility index (Phi) is 2.14. The van der Waals surface area contributed by atoms with Crippen LogP contribution in [0.5, 0.6) is 0 Å². The Morgan fingerprint density at radius 2 is 1.93 bits per heavy atom. The third-order valence-corrected chi connectivity index (χ3v) is 2.15. The molecular weight excluding hydrogens is 176 g/mol. The molecule has 70 valence electrons. The van der Waals surface area contributed by atoms with E-state index in [4.69, 9.17) is 0 Å². The van der Waals surface area contributed by atoms with Gasteiger partial charge in [0.05, 0.1) is 5.69 Å². The molecule has 0 fully saturated rings. The van der Waals surface area contributed by atoms with Gasteiger partial charge in [-0.3, -0.25) is 9.78 Å². The van der Waals surface area contributed by atoms with Crippen LogP contribution < -0.4 is 0 Å². The minimum absolute atomic E-state index is 0.661. The maximum atomic E-state index is 10.8. The first kappa shape index (κ1) is 8.69. The third-order valence-electron chi connectivity index (χ3n) is 2.15. The van der Waals surface area contributed by atoms with Crippen molar-refractivity contribution >= 4 is 6.29 Å². The molecule has 0 saturated heterocycles. The second-order valence-corrected chi connectivity index (χ2v) is 3.06. The molecule has 2 aromatic rings. The van der Waals surface area contributed by atoms with E-state index in [1.54, 1.807) is 12.4 Å². The lowest BCUT2D eigenvalue weighted by Crippen LogP contribution is -2.00. The molecule has 14 heavy (non-hydrogen) atoms. The van der Waals surface area contributed by atoms with Crippen LogP contribution in [0.1, 0.15) is 16.2 Å².